The van der Waals surface area contributed by atoms with Gasteiger partial charge in [-0.25, -0.2) is 0 Å². The van der Waals surface area contributed by atoms with Crippen LogP contribution in [0, 0.1) is 13.8 Å². The number of carbonyl (C=O) groups excluding carboxylic acids is 1. The number of primary amides is 1. The molecule has 2 N–H and O–H groups in total. The molecule has 94 valence electrons. The predicted octanol–water partition coefficient (Wildman–Crippen LogP) is 1.13. The summed E-state index contributed by atoms with van der Waals surface area (Å²) in [6.07, 6.45) is 3.05. The third-order valence-electron chi connectivity index (χ3n) is 3.48. The van der Waals surface area contributed by atoms with Crippen LogP contribution >= 0.6 is 0 Å². The molecule has 1 amide bonds. The Hall–Kier alpha value is -1.36. The van der Waals surface area contributed by atoms with Crippen molar-refractivity contribution in [3.63, 3.8) is 0 Å². The third-order valence-corrected chi connectivity index (χ3v) is 3.48. The van der Waals surface area contributed by atoms with E-state index in [0.717, 1.165) is 42.8 Å². The van der Waals surface area contributed by atoms with Gasteiger partial charge in [-0.15, -0.1) is 0 Å². The lowest BCUT2D eigenvalue weighted by Gasteiger charge is -2.33. The summed E-state index contributed by atoms with van der Waals surface area (Å²) in [6.45, 7) is 5.44. The maximum absolute atomic E-state index is 11.4. The van der Waals surface area contributed by atoms with E-state index in [2.05, 4.69) is 10.1 Å². The molecule has 1 fully saturated rings. The molecule has 5 heteroatoms. The molecule has 17 heavy (non-hydrogen) atoms. The summed E-state index contributed by atoms with van der Waals surface area (Å²) in [5.41, 5.74) is 7.42. The van der Waals surface area contributed by atoms with Crippen molar-refractivity contribution in [2.75, 3.05) is 6.54 Å². The van der Waals surface area contributed by atoms with E-state index in [1.54, 1.807) is 0 Å². The predicted molar refractivity (Wildman–Crippen MR) is 63.2 cm³/mol. The Bertz CT molecular complexity index is 394. The standard InChI is InChI=1S/C12H19N3O2/c1-8-10(9(2)17-14-8)7-15-6-4-3-5-11(15)12(13)16/h11H,3-7H2,1-2H3,(H2,13,16). The SMILES string of the molecule is Cc1noc(C)c1CN1CCCCC1C(N)=O. The zero-order chi connectivity index (χ0) is 12.4. The first-order chi connectivity index (χ1) is 8.09. The molecule has 0 radical (unpaired) electrons. The summed E-state index contributed by atoms with van der Waals surface area (Å²) in [7, 11) is 0. The van der Waals surface area contributed by atoms with E-state index < -0.39 is 0 Å². The summed E-state index contributed by atoms with van der Waals surface area (Å²) in [6, 6.07) is -0.141. The Kier molecular flexibility index (Phi) is 3.47. The second-order valence-corrected chi connectivity index (χ2v) is 4.69. The minimum absolute atomic E-state index is 0.141. The maximum atomic E-state index is 11.4. The second-order valence-electron chi connectivity index (χ2n) is 4.69. The average molecular weight is 237 g/mol. The van der Waals surface area contributed by atoms with Gasteiger partial charge in [-0.1, -0.05) is 11.6 Å². The van der Waals surface area contributed by atoms with Crippen molar-refractivity contribution in [2.45, 2.75) is 45.7 Å². The number of likely N-dealkylation sites (tertiary alicyclic amines) is 1. The molecule has 0 aliphatic carbocycles. The molecule has 1 aromatic rings. The van der Waals surface area contributed by atoms with E-state index in [9.17, 15) is 4.79 Å². The van der Waals surface area contributed by atoms with Gasteiger partial charge < -0.3 is 10.3 Å². The maximum Gasteiger partial charge on any atom is 0.234 e. The molecule has 1 unspecified atom stereocenters. The first kappa shape index (κ1) is 12.1. The van der Waals surface area contributed by atoms with E-state index in [1.165, 1.54) is 0 Å². The Balaban J connectivity index is 2.13. The molecule has 2 heterocycles. The molecule has 1 aromatic heterocycles. The van der Waals surface area contributed by atoms with Crippen molar-refractivity contribution in [1.29, 1.82) is 0 Å². The number of piperidine rings is 1. The number of hydrogen-bond donors (Lipinski definition) is 1. The third kappa shape index (κ3) is 2.49. The zero-order valence-electron chi connectivity index (χ0n) is 10.4. The lowest BCUT2D eigenvalue weighted by molar-refractivity contribution is -0.124. The minimum Gasteiger partial charge on any atom is -0.368 e. The molecular formula is C12H19N3O2. The van der Waals surface area contributed by atoms with Crippen LogP contribution in [0.15, 0.2) is 4.52 Å². The highest BCUT2D eigenvalue weighted by Crippen LogP contribution is 2.22. The van der Waals surface area contributed by atoms with Crippen molar-refractivity contribution in [1.82, 2.24) is 10.1 Å². The summed E-state index contributed by atoms with van der Waals surface area (Å²) < 4.78 is 5.14. The monoisotopic (exact) mass is 237 g/mol. The van der Waals surface area contributed by atoms with Gasteiger partial charge in [-0.2, -0.15) is 0 Å². The Morgan fingerprint density at radius 2 is 2.29 bits per heavy atom. The number of nitrogens with two attached hydrogens (primary N) is 1. The number of rotatable bonds is 3. The molecule has 1 saturated heterocycles. The van der Waals surface area contributed by atoms with Crippen LogP contribution in [0.2, 0.25) is 0 Å². The van der Waals surface area contributed by atoms with Crippen molar-refractivity contribution in [2.24, 2.45) is 5.73 Å². The van der Waals surface area contributed by atoms with Crippen LogP contribution in [-0.2, 0) is 11.3 Å². The quantitative estimate of drug-likeness (QED) is 0.855. The van der Waals surface area contributed by atoms with Crippen LogP contribution < -0.4 is 5.73 Å². The summed E-state index contributed by atoms with van der Waals surface area (Å²) in [4.78, 5) is 13.5. The molecule has 0 spiro atoms. The van der Waals surface area contributed by atoms with Gasteiger partial charge in [0, 0.05) is 12.1 Å². The average Bonchev–Trinajstić information content (AvgIpc) is 2.61. The normalized spacial score (nSPS) is 21.6. The fraction of sp³-hybridized carbons (Fsp3) is 0.667. The van der Waals surface area contributed by atoms with Crippen LogP contribution in [0.5, 0.6) is 0 Å². The minimum atomic E-state index is -0.225. The van der Waals surface area contributed by atoms with E-state index >= 15 is 0 Å². The van der Waals surface area contributed by atoms with Crippen LogP contribution in [0.25, 0.3) is 0 Å². The lowest BCUT2D eigenvalue weighted by atomic mass is 10.0. The number of hydrogen-bond acceptors (Lipinski definition) is 4. The molecule has 5 nitrogen and oxygen atoms in total. The molecule has 0 aromatic carbocycles. The molecule has 1 aliphatic heterocycles. The van der Waals surface area contributed by atoms with E-state index in [1.807, 2.05) is 13.8 Å². The Morgan fingerprint density at radius 3 is 2.88 bits per heavy atom. The smallest absolute Gasteiger partial charge is 0.234 e. The van der Waals surface area contributed by atoms with Crippen molar-refractivity contribution < 1.29 is 9.32 Å². The van der Waals surface area contributed by atoms with Crippen molar-refractivity contribution >= 4 is 5.91 Å². The van der Waals surface area contributed by atoms with E-state index in [4.69, 9.17) is 10.3 Å². The molecule has 0 saturated carbocycles. The second kappa shape index (κ2) is 4.87. The van der Waals surface area contributed by atoms with Gasteiger partial charge in [0.25, 0.3) is 0 Å². The van der Waals surface area contributed by atoms with Gasteiger partial charge in [0.05, 0.1) is 11.7 Å². The van der Waals surface area contributed by atoms with Crippen molar-refractivity contribution in [3.05, 3.63) is 17.0 Å². The van der Waals surface area contributed by atoms with Gasteiger partial charge in [-0.3, -0.25) is 9.69 Å². The number of carbonyl (C=O) groups is 1. The van der Waals surface area contributed by atoms with Gasteiger partial charge in [0.2, 0.25) is 5.91 Å². The first-order valence-corrected chi connectivity index (χ1v) is 6.04. The first-order valence-electron chi connectivity index (χ1n) is 6.04. The fourth-order valence-corrected chi connectivity index (χ4v) is 2.43. The summed E-state index contributed by atoms with van der Waals surface area (Å²) >= 11 is 0. The van der Waals surface area contributed by atoms with Gasteiger partial charge in [-0.05, 0) is 33.2 Å². The van der Waals surface area contributed by atoms with Crippen LogP contribution in [0.3, 0.4) is 0 Å². The van der Waals surface area contributed by atoms with Crippen LogP contribution in [0.1, 0.15) is 36.3 Å². The van der Waals surface area contributed by atoms with Crippen LogP contribution in [-0.4, -0.2) is 28.6 Å². The largest absolute Gasteiger partial charge is 0.368 e. The Labute approximate surface area is 101 Å². The van der Waals surface area contributed by atoms with Gasteiger partial charge in [0.15, 0.2) is 0 Å². The van der Waals surface area contributed by atoms with Crippen molar-refractivity contribution in [3.8, 4) is 0 Å². The zero-order valence-corrected chi connectivity index (χ0v) is 10.4. The highest BCUT2D eigenvalue weighted by atomic mass is 16.5. The van der Waals surface area contributed by atoms with E-state index in [0.29, 0.717) is 6.54 Å². The molecule has 1 atom stereocenters. The molecular weight excluding hydrogens is 218 g/mol. The molecule has 2 rings (SSSR count). The summed E-state index contributed by atoms with van der Waals surface area (Å²) in [5.74, 6) is 0.604. The molecule has 0 bridgehead atoms. The molecule has 1 aliphatic rings. The topological polar surface area (TPSA) is 72.4 Å². The highest BCUT2D eigenvalue weighted by Gasteiger charge is 2.28. The highest BCUT2D eigenvalue weighted by molar-refractivity contribution is 5.79. The fourth-order valence-electron chi connectivity index (χ4n) is 2.43. The summed E-state index contributed by atoms with van der Waals surface area (Å²) in [5, 5.41) is 3.93. The number of nitrogens with zero attached hydrogens (tertiary/aromatic N) is 2. The number of aryl methyl sites for hydroxylation is 2. The Morgan fingerprint density at radius 1 is 1.53 bits per heavy atom. The number of amides is 1. The van der Waals surface area contributed by atoms with Gasteiger partial charge in [0.1, 0.15) is 5.76 Å². The van der Waals surface area contributed by atoms with Gasteiger partial charge >= 0.3 is 0 Å². The lowest BCUT2D eigenvalue weighted by Crippen LogP contribution is -2.47. The number of aromatic nitrogens is 1. The van der Waals surface area contributed by atoms with E-state index in [-0.39, 0.29) is 11.9 Å². The van der Waals surface area contributed by atoms with Crippen LogP contribution in [0.4, 0.5) is 0 Å².